The molecular weight excluding hydrogens is 192 g/mol. The minimum atomic E-state index is -0.670. The zero-order chi connectivity index (χ0) is 11.1. The second-order valence-electron chi connectivity index (χ2n) is 2.51. The lowest BCUT2D eigenvalue weighted by molar-refractivity contribution is -0.0196. The Labute approximate surface area is 81.0 Å². The van der Waals surface area contributed by atoms with E-state index in [1.54, 1.807) is 0 Å². The van der Waals surface area contributed by atoms with E-state index in [9.17, 15) is 9.59 Å². The van der Waals surface area contributed by atoms with Crippen LogP contribution in [0.3, 0.4) is 0 Å². The van der Waals surface area contributed by atoms with Gasteiger partial charge in [-0.1, -0.05) is 0 Å². The number of hydrogen-bond donors (Lipinski definition) is 4. The molecule has 0 aliphatic rings. The van der Waals surface area contributed by atoms with Gasteiger partial charge in [-0.25, -0.2) is 19.7 Å². The molecule has 0 aliphatic heterocycles. The Kier molecular flexibility index (Phi) is 5.34. The molecule has 0 radical (unpaired) electrons. The summed E-state index contributed by atoms with van der Waals surface area (Å²) in [7, 11) is 2.35. The quantitative estimate of drug-likeness (QED) is 0.271. The van der Waals surface area contributed by atoms with Gasteiger partial charge in [-0.05, 0) is 0 Å². The third-order valence-electron chi connectivity index (χ3n) is 1.27. The maximum absolute atomic E-state index is 10.7. The summed E-state index contributed by atoms with van der Waals surface area (Å²) >= 11 is 0. The van der Waals surface area contributed by atoms with Gasteiger partial charge in [0.2, 0.25) is 0 Å². The monoisotopic (exact) mass is 206 g/mol. The number of rotatable bonds is 3. The molecule has 8 nitrogen and oxygen atoms in total. The highest BCUT2D eigenvalue weighted by atomic mass is 16.5. The molecule has 0 atom stereocenters. The van der Waals surface area contributed by atoms with E-state index in [0.29, 0.717) is 10.1 Å². The summed E-state index contributed by atoms with van der Waals surface area (Å²) < 4.78 is 0. The first-order valence-corrected chi connectivity index (χ1v) is 3.86. The van der Waals surface area contributed by atoms with Crippen molar-refractivity contribution in [2.45, 2.75) is 0 Å². The molecule has 0 bridgehead atoms. The second-order valence-corrected chi connectivity index (χ2v) is 2.51. The number of amides is 4. The summed E-state index contributed by atoms with van der Waals surface area (Å²) in [5, 5.41) is 22.6. The van der Waals surface area contributed by atoms with Crippen molar-refractivity contribution in [1.82, 2.24) is 20.8 Å². The molecule has 0 aromatic heterocycles. The van der Waals surface area contributed by atoms with Gasteiger partial charge in [-0.3, -0.25) is 10.4 Å². The number of carbonyl (C=O) groups is 2. The fourth-order valence-corrected chi connectivity index (χ4v) is 0.568. The van der Waals surface area contributed by atoms with E-state index in [1.807, 2.05) is 0 Å². The number of nitrogens with zero attached hydrogens (tertiary/aromatic N) is 2. The van der Waals surface area contributed by atoms with Gasteiger partial charge in [0.15, 0.2) is 0 Å². The Bertz CT molecular complexity index is 184. The van der Waals surface area contributed by atoms with E-state index in [0.717, 1.165) is 0 Å². The van der Waals surface area contributed by atoms with Crippen LogP contribution in [0.25, 0.3) is 0 Å². The third-order valence-corrected chi connectivity index (χ3v) is 1.27. The second kappa shape index (κ2) is 6.00. The predicted octanol–water partition coefficient (Wildman–Crippen LogP) is -0.952. The summed E-state index contributed by atoms with van der Waals surface area (Å²) in [5.41, 5.74) is 0. The molecule has 4 N–H and O–H groups in total. The summed E-state index contributed by atoms with van der Waals surface area (Å²) in [5.74, 6) is 0. The lowest BCUT2D eigenvalue weighted by Crippen LogP contribution is -2.42. The molecule has 0 fully saturated rings. The molecule has 0 rings (SSSR count). The fraction of sp³-hybridized carbons (Fsp3) is 0.667. The molecule has 0 saturated heterocycles. The molecule has 8 heteroatoms. The van der Waals surface area contributed by atoms with Gasteiger partial charge < -0.3 is 10.6 Å². The molecule has 0 aromatic carbocycles. The van der Waals surface area contributed by atoms with E-state index in [-0.39, 0.29) is 13.1 Å². The Morgan fingerprint density at radius 1 is 1.00 bits per heavy atom. The minimum absolute atomic E-state index is 0.156. The topological polar surface area (TPSA) is 105 Å². The predicted molar refractivity (Wildman–Crippen MR) is 45.9 cm³/mol. The van der Waals surface area contributed by atoms with Crippen LogP contribution in [-0.4, -0.2) is 59.8 Å². The van der Waals surface area contributed by atoms with Gasteiger partial charge in [0.1, 0.15) is 0 Å². The molecule has 82 valence electrons. The van der Waals surface area contributed by atoms with Crippen molar-refractivity contribution in [3.05, 3.63) is 0 Å². The number of carbonyl (C=O) groups excluding carboxylic acids is 2. The Morgan fingerprint density at radius 3 is 1.50 bits per heavy atom. The maximum atomic E-state index is 10.7. The maximum Gasteiger partial charge on any atom is 0.340 e. The van der Waals surface area contributed by atoms with E-state index >= 15 is 0 Å². The third kappa shape index (κ3) is 5.17. The first kappa shape index (κ1) is 12.5. The Morgan fingerprint density at radius 2 is 1.29 bits per heavy atom. The standard InChI is InChI=1S/C6H14N4O4/c1-9(13)5(11)7-3-4-8-6(12)10(2)14/h13-14H,3-4H2,1-2H3,(H,7,11)(H,8,12). The molecular formula is C6H14N4O4. The normalized spacial score (nSPS) is 9.14. The largest absolute Gasteiger partial charge is 0.340 e. The zero-order valence-corrected chi connectivity index (χ0v) is 8.02. The first-order chi connectivity index (χ1) is 6.45. The van der Waals surface area contributed by atoms with Gasteiger partial charge in [-0.15, -0.1) is 0 Å². The van der Waals surface area contributed by atoms with Crippen molar-refractivity contribution < 1.29 is 20.0 Å². The molecule has 0 saturated carbocycles. The number of hydrogen-bond acceptors (Lipinski definition) is 4. The van der Waals surface area contributed by atoms with Gasteiger partial charge in [0, 0.05) is 27.2 Å². The number of hydroxylamine groups is 4. The van der Waals surface area contributed by atoms with Crippen LogP contribution in [0.2, 0.25) is 0 Å². The van der Waals surface area contributed by atoms with E-state index < -0.39 is 12.1 Å². The lowest BCUT2D eigenvalue weighted by Gasteiger charge is -2.12. The SMILES string of the molecule is CN(O)C(=O)NCCNC(=O)N(C)O. The molecule has 0 aromatic rings. The van der Waals surface area contributed by atoms with Crippen LogP contribution in [0.4, 0.5) is 9.59 Å². The average molecular weight is 206 g/mol. The highest BCUT2D eigenvalue weighted by Gasteiger charge is 2.05. The Balaban J connectivity index is 3.48. The van der Waals surface area contributed by atoms with Crippen LogP contribution in [0.5, 0.6) is 0 Å². The van der Waals surface area contributed by atoms with Crippen LogP contribution >= 0.6 is 0 Å². The smallest absolute Gasteiger partial charge is 0.334 e. The summed E-state index contributed by atoms with van der Waals surface area (Å²) in [4.78, 5) is 21.4. The van der Waals surface area contributed by atoms with Crippen molar-refractivity contribution in [3.8, 4) is 0 Å². The summed E-state index contributed by atoms with van der Waals surface area (Å²) in [6, 6.07) is -1.34. The van der Waals surface area contributed by atoms with Crippen LogP contribution in [0, 0.1) is 0 Å². The minimum Gasteiger partial charge on any atom is -0.334 e. The molecule has 0 heterocycles. The Hall–Kier alpha value is -1.54. The molecule has 0 aliphatic carbocycles. The van der Waals surface area contributed by atoms with Gasteiger partial charge in [-0.2, -0.15) is 0 Å². The van der Waals surface area contributed by atoms with E-state index in [1.165, 1.54) is 14.1 Å². The number of urea groups is 2. The number of nitrogens with one attached hydrogen (secondary N) is 2. The van der Waals surface area contributed by atoms with Crippen molar-refractivity contribution in [1.29, 1.82) is 0 Å². The lowest BCUT2D eigenvalue weighted by atomic mass is 10.6. The highest BCUT2D eigenvalue weighted by Crippen LogP contribution is 1.76. The van der Waals surface area contributed by atoms with Crippen molar-refractivity contribution in [3.63, 3.8) is 0 Å². The molecule has 14 heavy (non-hydrogen) atoms. The van der Waals surface area contributed by atoms with Crippen LogP contribution in [0.1, 0.15) is 0 Å². The first-order valence-electron chi connectivity index (χ1n) is 3.86. The average Bonchev–Trinajstić information content (AvgIpc) is 2.11. The zero-order valence-electron chi connectivity index (χ0n) is 8.02. The van der Waals surface area contributed by atoms with Crippen LogP contribution in [0.15, 0.2) is 0 Å². The van der Waals surface area contributed by atoms with Gasteiger partial charge in [0.25, 0.3) is 0 Å². The van der Waals surface area contributed by atoms with E-state index in [4.69, 9.17) is 10.4 Å². The van der Waals surface area contributed by atoms with Crippen molar-refractivity contribution in [2.75, 3.05) is 27.2 Å². The van der Waals surface area contributed by atoms with Gasteiger partial charge in [0.05, 0.1) is 0 Å². The van der Waals surface area contributed by atoms with Crippen molar-refractivity contribution >= 4 is 12.1 Å². The molecule has 0 unspecified atom stereocenters. The van der Waals surface area contributed by atoms with E-state index in [2.05, 4.69) is 10.6 Å². The van der Waals surface area contributed by atoms with Crippen LogP contribution < -0.4 is 10.6 Å². The van der Waals surface area contributed by atoms with Crippen molar-refractivity contribution in [2.24, 2.45) is 0 Å². The highest BCUT2D eigenvalue weighted by molar-refractivity contribution is 5.73. The molecule has 0 spiro atoms. The summed E-state index contributed by atoms with van der Waals surface area (Å²) in [6.45, 7) is 0.312. The fourth-order valence-electron chi connectivity index (χ4n) is 0.568. The summed E-state index contributed by atoms with van der Waals surface area (Å²) in [6.07, 6.45) is 0. The van der Waals surface area contributed by atoms with Crippen LogP contribution in [-0.2, 0) is 0 Å². The molecule has 4 amide bonds. The van der Waals surface area contributed by atoms with Gasteiger partial charge >= 0.3 is 12.1 Å².